The topological polar surface area (TPSA) is 82.8 Å². The summed E-state index contributed by atoms with van der Waals surface area (Å²) in [5.74, 6) is -0.0541. The van der Waals surface area contributed by atoms with Gasteiger partial charge >= 0.3 is 11.9 Å². The number of carbonyl (C=O) groups is 2. The monoisotopic (exact) mass is 412 g/mol. The highest BCUT2D eigenvalue weighted by Crippen LogP contribution is 2.33. The zero-order valence-electron chi connectivity index (χ0n) is 12.8. The van der Waals surface area contributed by atoms with E-state index in [-0.39, 0.29) is 6.54 Å². The number of hydrogen-bond acceptors (Lipinski definition) is 4. The Morgan fingerprint density at radius 3 is 2.58 bits per heavy atom. The fourth-order valence-electron chi connectivity index (χ4n) is 3.11. The molecule has 0 radical (unpaired) electrons. The first-order chi connectivity index (χ1) is 11.5. The van der Waals surface area contributed by atoms with Gasteiger partial charge in [0.1, 0.15) is 12.6 Å². The van der Waals surface area contributed by atoms with Gasteiger partial charge in [-0.1, -0.05) is 15.9 Å². The molecule has 1 saturated heterocycles. The Hall–Kier alpha value is -1.51. The third-order valence-electron chi connectivity index (χ3n) is 4.12. The summed E-state index contributed by atoms with van der Waals surface area (Å²) in [5.41, 5.74) is 1.38. The van der Waals surface area contributed by atoms with Gasteiger partial charge in [-0.05, 0) is 18.2 Å². The summed E-state index contributed by atoms with van der Waals surface area (Å²) in [6.45, 7) is 1.23. The van der Waals surface area contributed by atoms with Crippen molar-refractivity contribution < 1.29 is 19.8 Å². The van der Waals surface area contributed by atoms with Crippen molar-refractivity contribution >= 4 is 50.5 Å². The van der Waals surface area contributed by atoms with Crippen LogP contribution in [0.15, 0.2) is 28.9 Å². The molecule has 128 valence electrons. The van der Waals surface area contributed by atoms with Gasteiger partial charge in [0.15, 0.2) is 0 Å². The van der Waals surface area contributed by atoms with Gasteiger partial charge < -0.3 is 14.8 Å². The molecule has 0 unspecified atom stereocenters. The lowest BCUT2D eigenvalue weighted by atomic mass is 10.0. The van der Waals surface area contributed by atoms with Crippen LogP contribution < -0.4 is 0 Å². The van der Waals surface area contributed by atoms with E-state index in [0.717, 1.165) is 26.9 Å². The number of hydrogen-bond donors (Lipinski definition) is 2. The lowest BCUT2D eigenvalue weighted by molar-refractivity contribution is -0.143. The second-order valence-corrected chi connectivity index (χ2v) is 7.80. The summed E-state index contributed by atoms with van der Waals surface area (Å²) in [5, 5.41) is 19.7. The Balaban J connectivity index is 2.12. The molecule has 6 nitrogen and oxygen atoms in total. The molecule has 0 aliphatic carbocycles. The standard InChI is InChI=1S/C16H17BrN2O4S/c17-10-1-2-13-11(7-10)12(8-19(13)9-14(20)21)15(16(22)23)18-3-5-24-6-4-18/h1-2,7-8,15H,3-6,9H2,(H,20,21)(H,22,23)/t15-/m1/s1. The molecular formula is C16H17BrN2O4S. The molecule has 1 aliphatic rings. The smallest absolute Gasteiger partial charge is 0.325 e. The van der Waals surface area contributed by atoms with Crippen LogP contribution in [0.1, 0.15) is 11.6 Å². The van der Waals surface area contributed by atoms with Crippen LogP contribution in [0, 0.1) is 0 Å². The normalized spacial score (nSPS) is 17.0. The highest BCUT2D eigenvalue weighted by atomic mass is 79.9. The van der Waals surface area contributed by atoms with E-state index in [1.807, 2.05) is 34.9 Å². The van der Waals surface area contributed by atoms with Gasteiger partial charge in [-0.25, -0.2) is 0 Å². The van der Waals surface area contributed by atoms with Crippen LogP contribution >= 0.6 is 27.7 Å². The molecule has 2 heterocycles. The molecule has 0 saturated carbocycles. The van der Waals surface area contributed by atoms with Crippen molar-refractivity contribution in [2.75, 3.05) is 24.6 Å². The van der Waals surface area contributed by atoms with Crippen molar-refractivity contribution in [3.8, 4) is 0 Å². The lowest BCUT2D eigenvalue weighted by Crippen LogP contribution is -2.39. The number of carboxylic acids is 2. The average molecular weight is 413 g/mol. The molecule has 0 amide bonds. The van der Waals surface area contributed by atoms with Gasteiger partial charge in [0.25, 0.3) is 0 Å². The fourth-order valence-corrected chi connectivity index (χ4v) is 4.41. The van der Waals surface area contributed by atoms with Crippen LogP contribution in [-0.2, 0) is 16.1 Å². The minimum Gasteiger partial charge on any atom is -0.480 e. The summed E-state index contributed by atoms with van der Waals surface area (Å²) in [7, 11) is 0. The Morgan fingerprint density at radius 2 is 1.96 bits per heavy atom. The maximum atomic E-state index is 12.0. The summed E-state index contributed by atoms with van der Waals surface area (Å²) >= 11 is 5.24. The first-order valence-corrected chi connectivity index (χ1v) is 9.47. The van der Waals surface area contributed by atoms with Gasteiger partial charge in [-0.15, -0.1) is 0 Å². The van der Waals surface area contributed by atoms with E-state index in [2.05, 4.69) is 15.9 Å². The number of aliphatic carboxylic acids is 2. The molecule has 3 rings (SSSR count). The van der Waals surface area contributed by atoms with E-state index in [4.69, 9.17) is 5.11 Å². The van der Waals surface area contributed by atoms with Gasteiger partial charge in [-0.2, -0.15) is 11.8 Å². The molecule has 0 spiro atoms. The number of thioether (sulfide) groups is 1. The first-order valence-electron chi connectivity index (χ1n) is 7.52. The molecule has 0 bridgehead atoms. The third kappa shape index (κ3) is 3.45. The summed E-state index contributed by atoms with van der Waals surface area (Å²) in [4.78, 5) is 25.1. The summed E-state index contributed by atoms with van der Waals surface area (Å²) in [6, 6.07) is 4.74. The van der Waals surface area contributed by atoms with Crippen molar-refractivity contribution in [2.24, 2.45) is 0 Å². The van der Waals surface area contributed by atoms with Crippen LogP contribution in [-0.4, -0.2) is 56.2 Å². The van der Waals surface area contributed by atoms with Gasteiger partial charge in [0.05, 0.1) is 0 Å². The van der Waals surface area contributed by atoms with Crippen molar-refractivity contribution in [2.45, 2.75) is 12.6 Å². The zero-order valence-corrected chi connectivity index (χ0v) is 15.2. The lowest BCUT2D eigenvalue weighted by Gasteiger charge is -2.31. The van der Waals surface area contributed by atoms with Gasteiger partial charge in [0, 0.05) is 51.7 Å². The van der Waals surface area contributed by atoms with E-state index in [1.54, 1.807) is 10.8 Å². The van der Waals surface area contributed by atoms with Crippen LogP contribution in [0.4, 0.5) is 0 Å². The Morgan fingerprint density at radius 1 is 1.25 bits per heavy atom. The highest BCUT2D eigenvalue weighted by molar-refractivity contribution is 9.10. The minimum absolute atomic E-state index is 0.194. The number of rotatable bonds is 5. The van der Waals surface area contributed by atoms with Crippen molar-refractivity contribution in [1.82, 2.24) is 9.47 Å². The zero-order chi connectivity index (χ0) is 17.3. The molecule has 2 aromatic rings. The van der Waals surface area contributed by atoms with E-state index in [0.29, 0.717) is 18.7 Å². The Kier molecular flexibility index (Phi) is 5.17. The summed E-state index contributed by atoms with van der Waals surface area (Å²) in [6.07, 6.45) is 1.67. The number of benzene rings is 1. The molecular weight excluding hydrogens is 396 g/mol. The largest absolute Gasteiger partial charge is 0.480 e. The summed E-state index contributed by atoms with van der Waals surface area (Å²) < 4.78 is 2.44. The molecule has 8 heteroatoms. The number of halogens is 1. The van der Waals surface area contributed by atoms with Crippen molar-refractivity contribution in [3.05, 3.63) is 34.4 Å². The molecule has 1 fully saturated rings. The fraction of sp³-hybridized carbons (Fsp3) is 0.375. The van der Waals surface area contributed by atoms with Crippen LogP contribution in [0.3, 0.4) is 0 Å². The molecule has 1 aliphatic heterocycles. The predicted octanol–water partition coefficient (Wildman–Crippen LogP) is 2.66. The van der Waals surface area contributed by atoms with E-state index in [9.17, 15) is 14.7 Å². The Labute approximate surface area is 151 Å². The predicted molar refractivity (Wildman–Crippen MR) is 96.5 cm³/mol. The molecule has 2 N–H and O–H groups in total. The number of aromatic nitrogens is 1. The molecule has 1 aromatic carbocycles. The Bertz CT molecular complexity index is 786. The van der Waals surface area contributed by atoms with E-state index in [1.165, 1.54) is 0 Å². The van der Waals surface area contributed by atoms with E-state index < -0.39 is 18.0 Å². The van der Waals surface area contributed by atoms with E-state index >= 15 is 0 Å². The molecule has 24 heavy (non-hydrogen) atoms. The quantitative estimate of drug-likeness (QED) is 0.785. The molecule has 1 aromatic heterocycles. The second-order valence-electron chi connectivity index (χ2n) is 5.66. The SMILES string of the molecule is O=C(O)Cn1cc([C@H](C(=O)O)N2CCSCC2)c2cc(Br)ccc21. The van der Waals surface area contributed by atoms with Crippen LogP contribution in [0.2, 0.25) is 0 Å². The number of fused-ring (bicyclic) bond motifs is 1. The van der Waals surface area contributed by atoms with Gasteiger partial charge in [-0.3, -0.25) is 14.5 Å². The van der Waals surface area contributed by atoms with Crippen molar-refractivity contribution in [3.63, 3.8) is 0 Å². The minimum atomic E-state index is -0.956. The van der Waals surface area contributed by atoms with Crippen LogP contribution in [0.25, 0.3) is 10.9 Å². The maximum absolute atomic E-state index is 12.0. The first kappa shape index (κ1) is 17.3. The number of carboxylic acid groups (broad SMARTS) is 2. The molecule has 1 atom stereocenters. The van der Waals surface area contributed by atoms with Gasteiger partial charge in [0.2, 0.25) is 0 Å². The van der Waals surface area contributed by atoms with Crippen molar-refractivity contribution in [1.29, 1.82) is 0 Å². The maximum Gasteiger partial charge on any atom is 0.325 e. The highest BCUT2D eigenvalue weighted by Gasteiger charge is 2.31. The third-order valence-corrected chi connectivity index (χ3v) is 5.55. The van der Waals surface area contributed by atoms with Crippen LogP contribution in [0.5, 0.6) is 0 Å². The average Bonchev–Trinajstić information content (AvgIpc) is 2.85. The number of nitrogens with zero attached hydrogens (tertiary/aromatic N) is 2. The second kappa shape index (κ2) is 7.16.